The molecule has 1 aromatic rings. The molecule has 1 amide bonds. The van der Waals surface area contributed by atoms with Crippen LogP contribution >= 0.6 is 0 Å². The van der Waals surface area contributed by atoms with Gasteiger partial charge in [0, 0.05) is 43.8 Å². The number of nitrogens with one attached hydrogen (secondary N) is 1. The number of carbonyl (C=O) groups excluding carboxylic acids is 1. The molecule has 0 spiro atoms. The van der Waals surface area contributed by atoms with Crippen LogP contribution in [0.5, 0.6) is 0 Å². The molecule has 0 aromatic heterocycles. The van der Waals surface area contributed by atoms with E-state index in [4.69, 9.17) is 5.26 Å². The first-order valence-corrected chi connectivity index (χ1v) is 8.21. The third-order valence-electron chi connectivity index (χ3n) is 3.92. The fraction of sp³-hybridized carbons (Fsp3) is 0.556. The Morgan fingerprint density at radius 3 is 2.46 bits per heavy atom. The summed E-state index contributed by atoms with van der Waals surface area (Å²) in [6.07, 6.45) is 0. The van der Waals surface area contributed by atoms with Gasteiger partial charge in [0.05, 0.1) is 18.2 Å². The van der Waals surface area contributed by atoms with Gasteiger partial charge in [0.2, 0.25) is 5.91 Å². The van der Waals surface area contributed by atoms with E-state index >= 15 is 0 Å². The quantitative estimate of drug-likeness (QED) is 0.912. The van der Waals surface area contributed by atoms with E-state index < -0.39 is 0 Å². The highest BCUT2D eigenvalue weighted by molar-refractivity contribution is 5.78. The van der Waals surface area contributed by atoms with Gasteiger partial charge in [0.25, 0.3) is 0 Å². The molecule has 1 aliphatic heterocycles. The Bertz CT molecular complexity index is 625. The van der Waals surface area contributed by atoms with Crippen LogP contribution in [0.25, 0.3) is 0 Å². The summed E-state index contributed by atoms with van der Waals surface area (Å²) in [5.41, 5.74) is 0.805. The molecule has 0 saturated carbocycles. The van der Waals surface area contributed by atoms with E-state index in [1.54, 1.807) is 6.07 Å². The lowest BCUT2D eigenvalue weighted by Crippen LogP contribution is -2.51. The van der Waals surface area contributed by atoms with E-state index in [1.165, 1.54) is 12.1 Å². The van der Waals surface area contributed by atoms with Crippen molar-refractivity contribution in [1.82, 2.24) is 15.1 Å². The molecule has 1 fully saturated rings. The Hall–Kier alpha value is -1.97. The average Bonchev–Trinajstić information content (AvgIpc) is 2.49. The molecule has 1 saturated heterocycles. The number of piperazine rings is 1. The summed E-state index contributed by atoms with van der Waals surface area (Å²) in [5.74, 6) is -0.246. The zero-order valence-corrected chi connectivity index (χ0v) is 14.6. The Morgan fingerprint density at radius 1 is 1.25 bits per heavy atom. The summed E-state index contributed by atoms with van der Waals surface area (Å²) in [4.78, 5) is 16.2. The highest BCUT2D eigenvalue weighted by atomic mass is 19.1. The smallest absolute Gasteiger partial charge is 0.234 e. The van der Waals surface area contributed by atoms with Gasteiger partial charge in [-0.2, -0.15) is 5.26 Å². The number of halogens is 1. The minimum absolute atomic E-state index is 0.0312. The molecule has 24 heavy (non-hydrogen) atoms. The molecule has 1 aromatic carbocycles. The van der Waals surface area contributed by atoms with Gasteiger partial charge in [0.1, 0.15) is 5.82 Å². The second-order valence-corrected chi connectivity index (χ2v) is 7.27. The highest BCUT2D eigenvalue weighted by Crippen LogP contribution is 2.14. The van der Waals surface area contributed by atoms with Crippen LogP contribution in [-0.2, 0) is 11.3 Å². The van der Waals surface area contributed by atoms with Crippen LogP contribution in [0.4, 0.5) is 4.39 Å². The highest BCUT2D eigenvalue weighted by Gasteiger charge is 2.21. The Balaban J connectivity index is 1.83. The van der Waals surface area contributed by atoms with Crippen molar-refractivity contribution in [3.05, 3.63) is 35.1 Å². The van der Waals surface area contributed by atoms with E-state index in [-0.39, 0.29) is 17.3 Å². The number of nitrogens with zero attached hydrogens (tertiary/aromatic N) is 3. The fourth-order valence-electron chi connectivity index (χ4n) is 2.77. The van der Waals surface area contributed by atoms with Crippen molar-refractivity contribution in [2.75, 3.05) is 32.7 Å². The number of rotatable bonds is 4. The minimum Gasteiger partial charge on any atom is -0.350 e. The summed E-state index contributed by atoms with van der Waals surface area (Å²) in [6.45, 7) is 9.88. The molecule has 1 N–H and O–H groups in total. The van der Waals surface area contributed by atoms with Gasteiger partial charge < -0.3 is 5.32 Å². The Morgan fingerprint density at radius 2 is 1.88 bits per heavy atom. The van der Waals surface area contributed by atoms with Crippen LogP contribution in [0.2, 0.25) is 0 Å². The second kappa shape index (κ2) is 7.73. The van der Waals surface area contributed by atoms with Gasteiger partial charge in [-0.25, -0.2) is 4.39 Å². The summed E-state index contributed by atoms with van der Waals surface area (Å²) < 4.78 is 13.9. The molecule has 1 aliphatic rings. The van der Waals surface area contributed by atoms with Crippen molar-refractivity contribution in [3.8, 4) is 6.07 Å². The lowest BCUT2D eigenvalue weighted by atomic mass is 10.1. The summed E-state index contributed by atoms with van der Waals surface area (Å²) in [5, 5.41) is 11.9. The largest absolute Gasteiger partial charge is 0.350 e. The van der Waals surface area contributed by atoms with Crippen molar-refractivity contribution in [3.63, 3.8) is 0 Å². The lowest BCUT2D eigenvalue weighted by molar-refractivity contribution is -0.124. The zero-order valence-electron chi connectivity index (χ0n) is 14.6. The van der Waals surface area contributed by atoms with Crippen LogP contribution in [0, 0.1) is 17.1 Å². The van der Waals surface area contributed by atoms with Gasteiger partial charge >= 0.3 is 0 Å². The SMILES string of the molecule is CC(C)(C)NC(=O)CN1CCN(Cc2cc(C#N)ccc2F)CC1. The summed E-state index contributed by atoms with van der Waals surface area (Å²) in [7, 11) is 0. The first-order chi connectivity index (χ1) is 11.3. The van der Waals surface area contributed by atoms with Crippen LogP contribution in [0.1, 0.15) is 31.9 Å². The number of nitriles is 1. The maximum Gasteiger partial charge on any atom is 0.234 e. The fourth-order valence-corrected chi connectivity index (χ4v) is 2.77. The average molecular weight is 332 g/mol. The minimum atomic E-state index is -0.277. The predicted octanol–water partition coefficient (Wildman–Crippen LogP) is 1.73. The molecular formula is C18H25FN4O. The number of hydrogen-bond donors (Lipinski definition) is 1. The number of amides is 1. The lowest BCUT2D eigenvalue weighted by Gasteiger charge is -2.35. The third kappa shape index (κ3) is 5.59. The molecule has 2 rings (SSSR count). The van der Waals surface area contributed by atoms with Crippen molar-refractivity contribution < 1.29 is 9.18 Å². The molecule has 1 heterocycles. The zero-order chi connectivity index (χ0) is 17.7. The molecular weight excluding hydrogens is 307 g/mol. The van der Waals surface area contributed by atoms with E-state index in [1.807, 2.05) is 26.8 Å². The summed E-state index contributed by atoms with van der Waals surface area (Å²) >= 11 is 0. The van der Waals surface area contributed by atoms with Gasteiger partial charge in [0.15, 0.2) is 0 Å². The van der Waals surface area contributed by atoms with Crippen molar-refractivity contribution in [2.45, 2.75) is 32.9 Å². The van der Waals surface area contributed by atoms with E-state index in [0.717, 1.165) is 26.2 Å². The third-order valence-corrected chi connectivity index (χ3v) is 3.92. The van der Waals surface area contributed by atoms with Crippen molar-refractivity contribution in [2.24, 2.45) is 0 Å². The monoisotopic (exact) mass is 332 g/mol. The molecule has 0 atom stereocenters. The van der Waals surface area contributed by atoms with Crippen molar-refractivity contribution in [1.29, 1.82) is 5.26 Å². The second-order valence-electron chi connectivity index (χ2n) is 7.27. The van der Waals surface area contributed by atoms with E-state index in [2.05, 4.69) is 15.1 Å². The molecule has 6 heteroatoms. The van der Waals surface area contributed by atoms with Gasteiger partial charge in [-0.05, 0) is 39.0 Å². The van der Waals surface area contributed by atoms with Gasteiger partial charge in [-0.1, -0.05) is 0 Å². The maximum absolute atomic E-state index is 13.9. The van der Waals surface area contributed by atoms with Crippen LogP contribution in [0.3, 0.4) is 0 Å². The van der Waals surface area contributed by atoms with E-state index in [9.17, 15) is 9.18 Å². The molecule has 5 nitrogen and oxygen atoms in total. The molecule has 0 bridgehead atoms. The van der Waals surface area contributed by atoms with Gasteiger partial charge in [-0.15, -0.1) is 0 Å². The number of carbonyl (C=O) groups is 1. The first kappa shape index (κ1) is 18.4. The van der Waals surface area contributed by atoms with Gasteiger partial charge in [-0.3, -0.25) is 14.6 Å². The molecule has 130 valence electrons. The van der Waals surface area contributed by atoms with Crippen LogP contribution in [0.15, 0.2) is 18.2 Å². The number of hydrogen-bond acceptors (Lipinski definition) is 4. The number of benzene rings is 1. The Labute approximate surface area is 143 Å². The standard InChI is InChI=1S/C18H25FN4O/c1-18(2,3)21-17(24)13-23-8-6-22(7-9-23)12-15-10-14(11-20)4-5-16(15)19/h4-5,10H,6-9,12-13H2,1-3H3,(H,21,24). The first-order valence-electron chi connectivity index (χ1n) is 8.21. The van der Waals surface area contributed by atoms with E-state index in [0.29, 0.717) is 24.2 Å². The molecule has 0 aliphatic carbocycles. The predicted molar refractivity (Wildman–Crippen MR) is 90.7 cm³/mol. The molecule has 0 radical (unpaired) electrons. The maximum atomic E-state index is 13.9. The Kier molecular flexibility index (Phi) is 5.92. The van der Waals surface area contributed by atoms with Crippen LogP contribution in [-0.4, -0.2) is 54.0 Å². The normalized spacial score (nSPS) is 16.6. The summed E-state index contributed by atoms with van der Waals surface area (Å²) in [6, 6.07) is 6.49. The van der Waals surface area contributed by atoms with Crippen molar-refractivity contribution >= 4 is 5.91 Å². The van der Waals surface area contributed by atoms with Crippen LogP contribution < -0.4 is 5.32 Å². The topological polar surface area (TPSA) is 59.4 Å². The molecule has 0 unspecified atom stereocenters.